The second-order valence-corrected chi connectivity index (χ2v) is 10.1. The topological polar surface area (TPSA) is 64.3 Å². The second-order valence-electron chi connectivity index (χ2n) is 9.66. The minimum Gasteiger partial charge on any atom is -0.478 e. The van der Waals surface area contributed by atoms with Crippen molar-refractivity contribution in [3.63, 3.8) is 0 Å². The minimum atomic E-state index is -1.35. The molecule has 0 aliphatic heterocycles. The fraction of sp³-hybridized carbons (Fsp3) is 0.125. The van der Waals surface area contributed by atoms with Gasteiger partial charge in [-0.25, -0.2) is 9.48 Å². The van der Waals surface area contributed by atoms with Gasteiger partial charge in [-0.15, -0.1) is 0 Å². The van der Waals surface area contributed by atoms with Gasteiger partial charge < -0.3 is 9.84 Å². The molecule has 5 aromatic rings. The highest BCUT2D eigenvalue weighted by Crippen LogP contribution is 2.36. The van der Waals surface area contributed by atoms with Crippen LogP contribution in [0.25, 0.3) is 39.3 Å². The molecule has 0 aliphatic carbocycles. The molecule has 38 heavy (non-hydrogen) atoms. The molecular weight excluding hydrogens is 496 g/mol. The summed E-state index contributed by atoms with van der Waals surface area (Å²) in [4.78, 5) is 11.6. The number of aliphatic carboxylic acids is 1. The molecule has 0 amide bonds. The number of aryl methyl sites for hydroxylation is 1. The average molecular weight is 523 g/mol. The van der Waals surface area contributed by atoms with E-state index in [9.17, 15) is 9.90 Å². The van der Waals surface area contributed by atoms with Crippen molar-refractivity contribution in [2.45, 2.75) is 26.4 Å². The normalized spacial score (nSPS) is 11.4. The van der Waals surface area contributed by atoms with Crippen LogP contribution in [0.15, 0.2) is 103 Å². The molecule has 0 saturated heterocycles. The predicted octanol–water partition coefficient (Wildman–Crippen LogP) is 8.08. The molecule has 0 fully saturated rings. The van der Waals surface area contributed by atoms with Crippen molar-refractivity contribution >= 4 is 17.6 Å². The number of hydrogen-bond donors (Lipinski definition) is 1. The van der Waals surface area contributed by atoms with Crippen LogP contribution in [0.1, 0.15) is 19.4 Å². The average Bonchev–Trinajstić information content (AvgIpc) is 3.35. The quantitative estimate of drug-likeness (QED) is 0.234. The van der Waals surface area contributed by atoms with Crippen molar-refractivity contribution in [1.82, 2.24) is 9.78 Å². The first-order chi connectivity index (χ1) is 18.2. The number of carboxylic acids is 1. The van der Waals surface area contributed by atoms with Gasteiger partial charge in [0.1, 0.15) is 5.75 Å². The summed E-state index contributed by atoms with van der Waals surface area (Å²) in [5.41, 5.74) is 6.36. The van der Waals surface area contributed by atoms with E-state index in [1.807, 2.05) is 71.4 Å². The van der Waals surface area contributed by atoms with Gasteiger partial charge in [-0.1, -0.05) is 77.8 Å². The maximum Gasteiger partial charge on any atom is 0.347 e. The van der Waals surface area contributed by atoms with Gasteiger partial charge in [-0.05, 0) is 74.4 Å². The maximum atomic E-state index is 11.6. The maximum absolute atomic E-state index is 11.6. The zero-order valence-corrected chi connectivity index (χ0v) is 22.1. The van der Waals surface area contributed by atoms with Crippen molar-refractivity contribution in [3.8, 4) is 45.1 Å². The number of aromatic nitrogens is 2. The highest BCUT2D eigenvalue weighted by Gasteiger charge is 2.29. The van der Waals surface area contributed by atoms with Crippen LogP contribution < -0.4 is 4.74 Å². The molecule has 0 aliphatic rings. The highest BCUT2D eigenvalue weighted by molar-refractivity contribution is 6.30. The lowest BCUT2D eigenvalue weighted by atomic mass is 9.97. The molecule has 0 radical (unpaired) electrons. The lowest BCUT2D eigenvalue weighted by Crippen LogP contribution is -2.37. The van der Waals surface area contributed by atoms with E-state index >= 15 is 0 Å². The van der Waals surface area contributed by atoms with Crippen LogP contribution >= 0.6 is 11.6 Å². The minimum absolute atomic E-state index is 0.483. The largest absolute Gasteiger partial charge is 0.478 e. The summed E-state index contributed by atoms with van der Waals surface area (Å²) in [5.74, 6) is -0.545. The van der Waals surface area contributed by atoms with E-state index in [4.69, 9.17) is 21.4 Å². The van der Waals surface area contributed by atoms with E-state index in [-0.39, 0.29) is 0 Å². The molecule has 190 valence electrons. The number of nitrogens with zero attached hydrogens (tertiary/aromatic N) is 2. The lowest BCUT2D eigenvalue weighted by Gasteiger charge is -2.22. The Morgan fingerprint density at radius 2 is 1.53 bits per heavy atom. The fourth-order valence-electron chi connectivity index (χ4n) is 4.25. The molecule has 0 atom stereocenters. The van der Waals surface area contributed by atoms with Gasteiger partial charge in [-0.2, -0.15) is 5.10 Å². The number of carbonyl (C=O) groups is 1. The number of carboxylic acid groups (broad SMARTS) is 1. The summed E-state index contributed by atoms with van der Waals surface area (Å²) in [5, 5.41) is 15.2. The third kappa shape index (κ3) is 5.20. The molecule has 5 rings (SSSR count). The first-order valence-electron chi connectivity index (χ1n) is 12.3. The molecule has 1 heterocycles. The van der Waals surface area contributed by atoms with E-state index < -0.39 is 11.6 Å². The first-order valence-corrected chi connectivity index (χ1v) is 12.6. The standard InChI is InChI=1S/C32H27ClN2O3/c1-21-11-13-22(14-12-21)30-20-29(34-35(30)25-17-15-24(33)16-18-25)28-10-5-4-9-27(28)23-7-6-8-26(19-23)38-32(2,3)31(36)37/h4-20H,1-3H3,(H,36,37). The molecule has 5 nitrogen and oxygen atoms in total. The van der Waals surface area contributed by atoms with Crippen LogP contribution in [-0.2, 0) is 4.79 Å². The molecular formula is C32H27ClN2O3. The van der Waals surface area contributed by atoms with Crippen molar-refractivity contribution in [1.29, 1.82) is 0 Å². The summed E-state index contributed by atoms with van der Waals surface area (Å²) in [6.07, 6.45) is 0. The van der Waals surface area contributed by atoms with Crippen LogP contribution in [0, 0.1) is 6.92 Å². The highest BCUT2D eigenvalue weighted by atomic mass is 35.5. The van der Waals surface area contributed by atoms with E-state index in [1.165, 1.54) is 19.4 Å². The smallest absolute Gasteiger partial charge is 0.347 e. The molecule has 0 saturated carbocycles. The molecule has 0 bridgehead atoms. The summed E-state index contributed by atoms with van der Waals surface area (Å²) in [7, 11) is 0. The molecule has 1 aromatic heterocycles. The molecule has 1 N–H and O–H groups in total. The summed E-state index contributed by atoms with van der Waals surface area (Å²) in [6, 6.07) is 33.6. The van der Waals surface area contributed by atoms with Gasteiger partial charge in [0.25, 0.3) is 0 Å². The third-order valence-electron chi connectivity index (χ3n) is 6.36. The van der Waals surface area contributed by atoms with Crippen LogP contribution in [0.5, 0.6) is 5.75 Å². The number of ether oxygens (including phenoxy) is 1. The summed E-state index contributed by atoms with van der Waals surface area (Å²) in [6.45, 7) is 5.13. The first kappa shape index (κ1) is 25.3. The Morgan fingerprint density at radius 3 is 2.21 bits per heavy atom. The Kier molecular flexibility index (Phi) is 6.79. The van der Waals surface area contributed by atoms with Crippen molar-refractivity contribution in [3.05, 3.63) is 114 Å². The van der Waals surface area contributed by atoms with E-state index in [2.05, 4.69) is 37.3 Å². The SMILES string of the molecule is Cc1ccc(-c2cc(-c3ccccc3-c3cccc(OC(C)(C)C(=O)O)c3)nn2-c2ccc(Cl)cc2)cc1. The van der Waals surface area contributed by atoms with Gasteiger partial charge >= 0.3 is 5.97 Å². The number of halogens is 1. The Hall–Kier alpha value is -4.35. The Labute approximate surface area is 226 Å². The van der Waals surface area contributed by atoms with Gasteiger partial charge in [0.15, 0.2) is 5.60 Å². The van der Waals surface area contributed by atoms with Gasteiger partial charge in [0.2, 0.25) is 0 Å². The van der Waals surface area contributed by atoms with Crippen LogP contribution in [-0.4, -0.2) is 26.5 Å². The predicted molar refractivity (Wildman–Crippen MR) is 152 cm³/mol. The third-order valence-corrected chi connectivity index (χ3v) is 6.62. The zero-order valence-electron chi connectivity index (χ0n) is 21.4. The van der Waals surface area contributed by atoms with Gasteiger partial charge in [0.05, 0.1) is 17.1 Å². The zero-order chi connectivity index (χ0) is 26.9. The van der Waals surface area contributed by atoms with E-state index in [0.29, 0.717) is 10.8 Å². The van der Waals surface area contributed by atoms with Gasteiger partial charge in [-0.3, -0.25) is 0 Å². The van der Waals surface area contributed by atoms with Gasteiger partial charge in [0, 0.05) is 16.1 Å². The van der Waals surface area contributed by atoms with Crippen LogP contribution in [0.4, 0.5) is 0 Å². The van der Waals surface area contributed by atoms with Crippen molar-refractivity contribution in [2.24, 2.45) is 0 Å². The molecule has 4 aromatic carbocycles. The van der Waals surface area contributed by atoms with E-state index in [1.54, 1.807) is 6.07 Å². The van der Waals surface area contributed by atoms with Crippen molar-refractivity contribution in [2.75, 3.05) is 0 Å². The Morgan fingerprint density at radius 1 is 0.842 bits per heavy atom. The fourth-order valence-corrected chi connectivity index (χ4v) is 4.37. The van der Waals surface area contributed by atoms with Crippen LogP contribution in [0.3, 0.4) is 0 Å². The molecule has 0 spiro atoms. The number of benzene rings is 4. The van der Waals surface area contributed by atoms with Crippen LogP contribution in [0.2, 0.25) is 5.02 Å². The second kappa shape index (κ2) is 10.2. The lowest BCUT2D eigenvalue weighted by molar-refractivity contribution is -0.152. The van der Waals surface area contributed by atoms with E-state index in [0.717, 1.165) is 39.3 Å². The molecule has 0 unspecified atom stereocenters. The Bertz CT molecular complexity index is 1540. The van der Waals surface area contributed by atoms with Crippen molar-refractivity contribution < 1.29 is 14.6 Å². The summed E-state index contributed by atoms with van der Waals surface area (Å²) >= 11 is 6.16. The molecule has 6 heteroatoms. The number of rotatable bonds is 7. The monoisotopic (exact) mass is 522 g/mol. The summed E-state index contributed by atoms with van der Waals surface area (Å²) < 4.78 is 7.73. The Balaban J connectivity index is 1.62. The number of hydrogen-bond acceptors (Lipinski definition) is 3.